The maximum Gasteiger partial charge on any atom is 0.416 e. The number of pyridine rings is 1. The summed E-state index contributed by atoms with van der Waals surface area (Å²) in [7, 11) is 0. The molecule has 0 aliphatic carbocycles. The normalized spacial score (nSPS) is 21.5. The van der Waals surface area contributed by atoms with E-state index in [0.29, 0.717) is 18.6 Å². The monoisotopic (exact) mass is 404 g/mol. The van der Waals surface area contributed by atoms with Crippen molar-refractivity contribution in [3.8, 4) is 0 Å². The van der Waals surface area contributed by atoms with E-state index < -0.39 is 23.9 Å². The molecule has 1 amide bonds. The van der Waals surface area contributed by atoms with Gasteiger partial charge in [-0.1, -0.05) is 36.4 Å². The summed E-state index contributed by atoms with van der Waals surface area (Å²) in [5.41, 5.74) is 1.09. The molecule has 2 unspecified atom stereocenters. The van der Waals surface area contributed by atoms with Gasteiger partial charge in [0.2, 0.25) is 0 Å². The van der Waals surface area contributed by atoms with Gasteiger partial charge in [0.1, 0.15) is 6.61 Å². The largest absolute Gasteiger partial charge is 0.445 e. The molecule has 5 nitrogen and oxygen atoms in total. The molecule has 2 aliphatic rings. The molecule has 2 atom stereocenters. The van der Waals surface area contributed by atoms with Crippen molar-refractivity contribution in [1.82, 2.24) is 9.88 Å². The summed E-state index contributed by atoms with van der Waals surface area (Å²) >= 11 is 0. The fraction of sp³-hybridized carbons (Fsp3) is 0.333. The van der Waals surface area contributed by atoms with E-state index in [4.69, 9.17) is 9.47 Å². The minimum absolute atomic E-state index is 0.155. The third-order valence-corrected chi connectivity index (χ3v) is 5.03. The molecule has 1 aromatic heterocycles. The number of fused-ring (bicyclic) bond motifs is 2. The van der Waals surface area contributed by atoms with E-state index in [1.54, 1.807) is 11.0 Å². The highest BCUT2D eigenvalue weighted by atomic mass is 19.4. The van der Waals surface area contributed by atoms with Crippen LogP contribution in [0, 0.1) is 0 Å². The van der Waals surface area contributed by atoms with E-state index in [0.717, 1.165) is 23.9 Å². The summed E-state index contributed by atoms with van der Waals surface area (Å²) in [6, 6.07) is 10.6. The molecule has 0 saturated carbocycles. The summed E-state index contributed by atoms with van der Waals surface area (Å²) in [6.45, 7) is 0.717. The number of carbonyl (C=O) groups is 1. The summed E-state index contributed by atoms with van der Waals surface area (Å²) in [5.74, 6) is 0. The van der Waals surface area contributed by atoms with E-state index in [2.05, 4.69) is 4.98 Å². The second kappa shape index (κ2) is 7.87. The first-order chi connectivity index (χ1) is 13.9. The Labute approximate surface area is 165 Å². The standard InChI is InChI=1S/C21H19F3N2O3/c22-21(23,24)16-6-7-25-19(10-16)15-8-17-12-28-13-18(9-15)26(17)20(27)29-11-14-4-2-1-3-5-14/h1-8,10,17-18H,9,11-13H2. The van der Waals surface area contributed by atoms with E-state index in [9.17, 15) is 18.0 Å². The molecule has 1 aromatic carbocycles. The summed E-state index contributed by atoms with van der Waals surface area (Å²) in [5, 5.41) is 0. The topological polar surface area (TPSA) is 51.7 Å². The van der Waals surface area contributed by atoms with Gasteiger partial charge < -0.3 is 9.47 Å². The van der Waals surface area contributed by atoms with Gasteiger partial charge in [-0.15, -0.1) is 0 Å². The van der Waals surface area contributed by atoms with Gasteiger partial charge in [-0.25, -0.2) is 4.79 Å². The van der Waals surface area contributed by atoms with Crippen LogP contribution in [-0.2, 0) is 22.3 Å². The van der Waals surface area contributed by atoms with Crippen LogP contribution in [0.25, 0.3) is 5.57 Å². The zero-order valence-electron chi connectivity index (χ0n) is 15.4. The van der Waals surface area contributed by atoms with Crippen molar-refractivity contribution in [3.05, 3.63) is 71.6 Å². The lowest BCUT2D eigenvalue weighted by Crippen LogP contribution is -2.56. The van der Waals surface area contributed by atoms with Gasteiger partial charge in [0.15, 0.2) is 0 Å². The first-order valence-corrected chi connectivity index (χ1v) is 9.23. The molecular weight excluding hydrogens is 385 g/mol. The molecule has 3 heterocycles. The maximum absolute atomic E-state index is 13.0. The number of hydrogen-bond donors (Lipinski definition) is 0. The van der Waals surface area contributed by atoms with Crippen molar-refractivity contribution in [2.45, 2.75) is 31.3 Å². The molecule has 0 radical (unpaired) electrons. The van der Waals surface area contributed by atoms with Gasteiger partial charge >= 0.3 is 12.3 Å². The first kappa shape index (κ1) is 19.4. The van der Waals surface area contributed by atoms with Gasteiger partial charge in [-0.2, -0.15) is 13.2 Å². The van der Waals surface area contributed by atoms with Crippen LogP contribution in [0.3, 0.4) is 0 Å². The zero-order valence-corrected chi connectivity index (χ0v) is 15.4. The molecule has 1 saturated heterocycles. The van der Waals surface area contributed by atoms with Gasteiger partial charge in [0, 0.05) is 6.20 Å². The average Bonchev–Trinajstić information content (AvgIpc) is 2.71. The summed E-state index contributed by atoms with van der Waals surface area (Å²) < 4.78 is 50.1. The van der Waals surface area contributed by atoms with Crippen LogP contribution in [0.15, 0.2) is 54.7 Å². The number of rotatable bonds is 3. The smallest absolute Gasteiger partial charge is 0.416 e. The van der Waals surface area contributed by atoms with Crippen LogP contribution >= 0.6 is 0 Å². The highest BCUT2D eigenvalue weighted by Crippen LogP contribution is 2.35. The number of ether oxygens (including phenoxy) is 2. The second-order valence-electron chi connectivity index (χ2n) is 7.03. The Balaban J connectivity index is 1.52. The van der Waals surface area contributed by atoms with Crippen LogP contribution in [0.1, 0.15) is 23.2 Å². The predicted octanol–water partition coefficient (Wildman–Crippen LogP) is 4.29. The van der Waals surface area contributed by atoms with Crippen molar-refractivity contribution >= 4 is 11.7 Å². The minimum atomic E-state index is -4.43. The van der Waals surface area contributed by atoms with Gasteiger partial charge in [0.25, 0.3) is 0 Å². The van der Waals surface area contributed by atoms with Crippen molar-refractivity contribution in [3.63, 3.8) is 0 Å². The van der Waals surface area contributed by atoms with Crippen LogP contribution in [0.4, 0.5) is 18.0 Å². The lowest BCUT2D eigenvalue weighted by atomic mass is 9.92. The Morgan fingerprint density at radius 2 is 2.00 bits per heavy atom. The van der Waals surface area contributed by atoms with E-state index >= 15 is 0 Å². The van der Waals surface area contributed by atoms with Crippen LogP contribution < -0.4 is 0 Å². The fourth-order valence-electron chi connectivity index (χ4n) is 3.65. The fourth-order valence-corrected chi connectivity index (χ4v) is 3.65. The van der Waals surface area contributed by atoms with E-state index in [1.165, 1.54) is 0 Å². The molecule has 0 spiro atoms. The maximum atomic E-state index is 13.0. The molecule has 29 heavy (non-hydrogen) atoms. The van der Waals surface area contributed by atoms with Gasteiger partial charge in [-0.05, 0) is 29.7 Å². The summed E-state index contributed by atoms with van der Waals surface area (Å²) in [6.07, 6.45) is -1.63. The molecule has 1 fully saturated rings. The zero-order chi connectivity index (χ0) is 20.4. The minimum Gasteiger partial charge on any atom is -0.445 e. The molecule has 8 heteroatoms. The average molecular weight is 404 g/mol. The number of carbonyl (C=O) groups excluding carboxylic acids is 1. The second-order valence-corrected chi connectivity index (χ2v) is 7.03. The molecule has 4 rings (SSSR count). The molecule has 2 bridgehead atoms. The number of alkyl halides is 3. The molecule has 152 valence electrons. The van der Waals surface area contributed by atoms with Crippen LogP contribution in [-0.4, -0.2) is 41.3 Å². The number of hydrogen-bond acceptors (Lipinski definition) is 4. The quantitative estimate of drug-likeness (QED) is 0.766. The highest BCUT2D eigenvalue weighted by molar-refractivity contribution is 5.73. The number of amides is 1. The number of aromatic nitrogens is 1. The van der Waals surface area contributed by atoms with Crippen LogP contribution in [0.5, 0.6) is 0 Å². The Bertz CT molecular complexity index is 915. The number of morpholine rings is 1. The SMILES string of the molecule is O=C(OCc1ccccc1)N1C2C=C(c3cc(C(F)(F)F)ccn3)CC1COC2. The number of nitrogens with zero attached hydrogens (tertiary/aromatic N) is 2. The highest BCUT2D eigenvalue weighted by Gasteiger charge is 2.39. The lowest BCUT2D eigenvalue weighted by molar-refractivity contribution is -0.137. The van der Waals surface area contributed by atoms with Crippen molar-refractivity contribution in [2.75, 3.05) is 13.2 Å². The molecule has 0 N–H and O–H groups in total. The van der Waals surface area contributed by atoms with Crippen LogP contribution in [0.2, 0.25) is 0 Å². The molecular formula is C21H19F3N2O3. The van der Waals surface area contributed by atoms with Crippen molar-refractivity contribution in [1.29, 1.82) is 0 Å². The predicted molar refractivity (Wildman–Crippen MR) is 98.7 cm³/mol. The number of benzene rings is 1. The lowest BCUT2D eigenvalue weighted by Gasteiger charge is -2.43. The van der Waals surface area contributed by atoms with Crippen molar-refractivity contribution in [2.24, 2.45) is 0 Å². The Morgan fingerprint density at radius 1 is 1.21 bits per heavy atom. The van der Waals surface area contributed by atoms with Gasteiger partial charge in [-0.3, -0.25) is 9.88 Å². The summed E-state index contributed by atoms with van der Waals surface area (Å²) in [4.78, 5) is 18.4. The molecule has 2 aromatic rings. The van der Waals surface area contributed by atoms with E-state index in [1.807, 2.05) is 30.3 Å². The number of halogens is 3. The third kappa shape index (κ3) is 4.27. The van der Waals surface area contributed by atoms with Crippen molar-refractivity contribution < 1.29 is 27.4 Å². The first-order valence-electron chi connectivity index (χ1n) is 9.23. The van der Waals surface area contributed by atoms with E-state index in [-0.39, 0.29) is 24.9 Å². The Hall–Kier alpha value is -2.87. The third-order valence-electron chi connectivity index (χ3n) is 5.03. The Morgan fingerprint density at radius 3 is 2.72 bits per heavy atom. The molecule has 2 aliphatic heterocycles. The Kier molecular flexibility index (Phi) is 5.27. The van der Waals surface area contributed by atoms with Gasteiger partial charge in [0.05, 0.1) is 36.6 Å².